The Morgan fingerprint density at radius 1 is 0.842 bits per heavy atom. The van der Waals surface area contributed by atoms with Crippen LogP contribution in [0.1, 0.15) is 16.7 Å². The number of rotatable bonds is 9. The molecule has 4 aromatic carbocycles. The quantitative estimate of drug-likeness (QED) is 0.145. The Labute approximate surface area is 242 Å². The summed E-state index contributed by atoms with van der Waals surface area (Å²) >= 11 is 12.8. The second-order valence-electron chi connectivity index (χ2n) is 8.16. The van der Waals surface area contributed by atoms with E-state index in [0.717, 1.165) is 20.1 Å². The molecule has 0 atom stereocenters. The number of nitrogens with one attached hydrogen (secondary N) is 1. The van der Waals surface area contributed by atoms with Gasteiger partial charge < -0.3 is 14.8 Å². The van der Waals surface area contributed by atoms with Gasteiger partial charge in [0.15, 0.2) is 0 Å². The van der Waals surface area contributed by atoms with E-state index in [1.807, 2.05) is 48.5 Å². The van der Waals surface area contributed by atoms with Crippen molar-refractivity contribution in [3.05, 3.63) is 127 Å². The maximum absolute atomic E-state index is 12.9. The van der Waals surface area contributed by atoms with E-state index >= 15 is 0 Å². The Bertz CT molecular complexity index is 1480. The van der Waals surface area contributed by atoms with Gasteiger partial charge in [0.2, 0.25) is 0 Å². The van der Waals surface area contributed by atoms with Crippen molar-refractivity contribution >= 4 is 61.1 Å². The number of hydrogen-bond donors (Lipinski definition) is 1. The highest BCUT2D eigenvalue weighted by Gasteiger charge is 2.12. The molecule has 4 rings (SSSR count). The smallest absolute Gasteiger partial charge is 0.266 e. The first-order chi connectivity index (χ1) is 18.4. The van der Waals surface area contributed by atoms with E-state index in [1.54, 1.807) is 48.5 Å². The lowest BCUT2D eigenvalue weighted by molar-refractivity contribution is -0.112. The zero-order valence-electron chi connectivity index (χ0n) is 20.0. The van der Waals surface area contributed by atoms with E-state index in [-0.39, 0.29) is 5.57 Å². The van der Waals surface area contributed by atoms with E-state index in [2.05, 4.69) is 37.2 Å². The lowest BCUT2D eigenvalue weighted by atomic mass is 10.1. The van der Waals surface area contributed by atoms with Gasteiger partial charge >= 0.3 is 0 Å². The van der Waals surface area contributed by atoms with Gasteiger partial charge in [0.1, 0.15) is 36.4 Å². The Morgan fingerprint density at radius 3 is 2.11 bits per heavy atom. The summed E-state index contributed by atoms with van der Waals surface area (Å²) in [5.41, 5.74) is 3.06. The van der Waals surface area contributed by atoms with Crippen LogP contribution in [0.2, 0.25) is 5.02 Å². The molecule has 8 heteroatoms. The Balaban J connectivity index is 1.41. The molecule has 0 fully saturated rings. The summed E-state index contributed by atoms with van der Waals surface area (Å²) < 4.78 is 13.6. The standard InChI is InChI=1S/C30H21Br2ClN2O3/c31-24-5-1-20(2-6-24)18-37-28-12-10-27(11-13-28)35-30(36)23(17-34)15-22-16-25(32)7-14-29(22)38-19-21-3-8-26(33)9-4-21/h1-16H,18-19H2,(H,35,36)/b23-15+. The number of ether oxygens (including phenoxy) is 2. The van der Waals surface area contributed by atoms with Crippen LogP contribution in [0.3, 0.4) is 0 Å². The number of halogens is 3. The number of benzene rings is 4. The van der Waals surface area contributed by atoms with Crippen molar-refractivity contribution in [2.45, 2.75) is 13.2 Å². The van der Waals surface area contributed by atoms with Crippen molar-refractivity contribution in [1.29, 1.82) is 5.26 Å². The molecule has 0 heterocycles. The van der Waals surface area contributed by atoms with Gasteiger partial charge in [0.05, 0.1) is 0 Å². The zero-order chi connectivity index (χ0) is 26.9. The van der Waals surface area contributed by atoms with Crippen molar-refractivity contribution < 1.29 is 14.3 Å². The van der Waals surface area contributed by atoms with Crippen LogP contribution in [-0.4, -0.2) is 5.91 Å². The molecule has 0 saturated heterocycles. The molecule has 0 radical (unpaired) electrons. The third-order valence-corrected chi connectivity index (χ3v) is 6.65. The van der Waals surface area contributed by atoms with Crippen LogP contribution in [-0.2, 0) is 18.0 Å². The summed E-state index contributed by atoms with van der Waals surface area (Å²) in [5, 5.41) is 13.1. The van der Waals surface area contributed by atoms with E-state index in [1.165, 1.54) is 6.08 Å². The second kappa shape index (κ2) is 13.3. The highest BCUT2D eigenvalue weighted by Crippen LogP contribution is 2.27. The van der Waals surface area contributed by atoms with Crippen LogP contribution in [0.15, 0.2) is 106 Å². The zero-order valence-corrected chi connectivity index (χ0v) is 23.9. The van der Waals surface area contributed by atoms with Crippen LogP contribution in [0, 0.1) is 11.3 Å². The first-order valence-corrected chi connectivity index (χ1v) is 13.4. The molecule has 0 spiro atoms. The molecular weight excluding hydrogens is 632 g/mol. The molecular formula is C30H21Br2ClN2O3. The van der Waals surface area contributed by atoms with Gasteiger partial charge in [0, 0.05) is 25.2 Å². The van der Waals surface area contributed by atoms with Gasteiger partial charge in [-0.05, 0) is 83.9 Å². The number of carbonyl (C=O) groups is 1. The third-order valence-electron chi connectivity index (χ3n) is 5.38. The lowest BCUT2D eigenvalue weighted by Gasteiger charge is -2.11. The number of nitrogens with zero attached hydrogens (tertiary/aromatic N) is 1. The second-order valence-corrected chi connectivity index (χ2v) is 10.4. The molecule has 0 aromatic heterocycles. The van der Waals surface area contributed by atoms with Gasteiger partial charge in [-0.25, -0.2) is 0 Å². The summed E-state index contributed by atoms with van der Waals surface area (Å²) in [6.07, 6.45) is 1.51. The molecule has 5 nitrogen and oxygen atoms in total. The number of amides is 1. The maximum atomic E-state index is 12.9. The number of anilines is 1. The summed E-state index contributed by atoms with van der Waals surface area (Å²) in [5.74, 6) is 0.675. The molecule has 0 bridgehead atoms. The molecule has 4 aromatic rings. The van der Waals surface area contributed by atoms with Crippen LogP contribution >= 0.6 is 43.5 Å². The fourth-order valence-corrected chi connectivity index (χ4v) is 4.16. The monoisotopic (exact) mass is 650 g/mol. The average Bonchev–Trinajstić information content (AvgIpc) is 2.92. The number of nitriles is 1. The minimum atomic E-state index is -0.528. The maximum Gasteiger partial charge on any atom is 0.266 e. The Kier molecular flexibility index (Phi) is 9.61. The van der Waals surface area contributed by atoms with Crippen molar-refractivity contribution in [2.24, 2.45) is 0 Å². The fourth-order valence-electron chi connectivity index (χ4n) is 3.39. The molecule has 1 N–H and O–H groups in total. The predicted molar refractivity (Wildman–Crippen MR) is 157 cm³/mol. The van der Waals surface area contributed by atoms with Crippen molar-refractivity contribution in [2.75, 3.05) is 5.32 Å². The van der Waals surface area contributed by atoms with Crippen LogP contribution in [0.25, 0.3) is 6.08 Å². The van der Waals surface area contributed by atoms with Crippen LogP contribution < -0.4 is 14.8 Å². The highest BCUT2D eigenvalue weighted by molar-refractivity contribution is 9.10. The molecule has 0 aliphatic rings. The first-order valence-electron chi connectivity index (χ1n) is 11.5. The minimum Gasteiger partial charge on any atom is -0.489 e. The van der Waals surface area contributed by atoms with E-state index in [0.29, 0.717) is 41.0 Å². The molecule has 0 aliphatic carbocycles. The topological polar surface area (TPSA) is 71.3 Å². The molecule has 0 aliphatic heterocycles. The fraction of sp³-hybridized carbons (Fsp3) is 0.0667. The predicted octanol–water partition coefficient (Wildman–Crippen LogP) is 8.57. The molecule has 0 unspecified atom stereocenters. The first kappa shape index (κ1) is 27.5. The largest absolute Gasteiger partial charge is 0.489 e. The van der Waals surface area contributed by atoms with Crippen molar-refractivity contribution in [3.63, 3.8) is 0 Å². The van der Waals surface area contributed by atoms with Crippen molar-refractivity contribution in [1.82, 2.24) is 0 Å². The lowest BCUT2D eigenvalue weighted by Crippen LogP contribution is -2.13. The molecule has 1 amide bonds. The van der Waals surface area contributed by atoms with E-state index in [9.17, 15) is 10.1 Å². The van der Waals surface area contributed by atoms with Crippen LogP contribution in [0.5, 0.6) is 11.5 Å². The van der Waals surface area contributed by atoms with Gasteiger partial charge in [-0.3, -0.25) is 4.79 Å². The average molecular weight is 653 g/mol. The van der Waals surface area contributed by atoms with Gasteiger partial charge in [-0.2, -0.15) is 5.26 Å². The minimum absolute atomic E-state index is 0.0602. The van der Waals surface area contributed by atoms with E-state index in [4.69, 9.17) is 21.1 Å². The summed E-state index contributed by atoms with van der Waals surface area (Å²) in [7, 11) is 0. The van der Waals surface area contributed by atoms with Crippen LogP contribution in [0.4, 0.5) is 5.69 Å². The van der Waals surface area contributed by atoms with Gasteiger partial charge in [-0.15, -0.1) is 0 Å². The third kappa shape index (κ3) is 7.96. The highest BCUT2D eigenvalue weighted by atomic mass is 79.9. The summed E-state index contributed by atoms with van der Waals surface area (Å²) in [4.78, 5) is 12.9. The van der Waals surface area contributed by atoms with Gasteiger partial charge in [-0.1, -0.05) is 67.7 Å². The Morgan fingerprint density at radius 2 is 1.45 bits per heavy atom. The molecule has 0 saturated carbocycles. The Hall–Kier alpha value is -3.57. The van der Waals surface area contributed by atoms with Crippen molar-refractivity contribution in [3.8, 4) is 17.6 Å². The molecule has 190 valence electrons. The number of hydrogen-bond acceptors (Lipinski definition) is 4. The SMILES string of the molecule is N#C/C(=C\c1cc(Br)ccc1OCc1ccc(Cl)cc1)C(=O)Nc1ccc(OCc2ccc(Br)cc2)cc1. The summed E-state index contributed by atoms with van der Waals surface area (Å²) in [6, 6.07) is 29.6. The van der Waals surface area contributed by atoms with E-state index < -0.39 is 5.91 Å². The molecule has 38 heavy (non-hydrogen) atoms. The van der Waals surface area contributed by atoms with Gasteiger partial charge in [0.25, 0.3) is 5.91 Å². The normalized spacial score (nSPS) is 10.9. The summed E-state index contributed by atoms with van der Waals surface area (Å²) in [6.45, 7) is 0.735. The number of carbonyl (C=O) groups excluding carboxylic acids is 1.